The number of para-hydroxylation sites is 1. The standard InChI is InChI=1S/C29H25N3O/c1-21-30-27-20-25(31(2)24-16-10-5-11-17-24)18-19-26(27)29(33)32(21)28(22-12-6-3-7-13-22)23-14-8-4-9-15-23/h3-20,28H,1-2H3. The van der Waals surface area contributed by atoms with Gasteiger partial charge >= 0.3 is 0 Å². The van der Waals surface area contributed by atoms with Crippen molar-refractivity contribution in [2.24, 2.45) is 0 Å². The third-order valence-electron chi connectivity index (χ3n) is 6.08. The van der Waals surface area contributed by atoms with Crippen LogP contribution in [0, 0.1) is 6.92 Å². The number of fused-ring (bicyclic) bond motifs is 1. The van der Waals surface area contributed by atoms with Crippen LogP contribution in [-0.4, -0.2) is 16.6 Å². The highest BCUT2D eigenvalue weighted by atomic mass is 16.1. The van der Waals surface area contributed by atoms with E-state index >= 15 is 0 Å². The zero-order chi connectivity index (χ0) is 22.8. The fourth-order valence-corrected chi connectivity index (χ4v) is 4.37. The fourth-order valence-electron chi connectivity index (χ4n) is 4.37. The van der Waals surface area contributed by atoms with Gasteiger partial charge in [0.2, 0.25) is 0 Å². The Bertz CT molecular complexity index is 1410. The highest BCUT2D eigenvalue weighted by Crippen LogP contribution is 2.29. The highest BCUT2D eigenvalue weighted by molar-refractivity contribution is 5.83. The monoisotopic (exact) mass is 431 g/mol. The molecule has 0 radical (unpaired) electrons. The van der Waals surface area contributed by atoms with Gasteiger partial charge in [0.1, 0.15) is 5.82 Å². The van der Waals surface area contributed by atoms with Crippen LogP contribution in [0.1, 0.15) is 23.0 Å². The average molecular weight is 432 g/mol. The Morgan fingerprint density at radius 3 is 1.85 bits per heavy atom. The van der Waals surface area contributed by atoms with Gasteiger partial charge in [-0.1, -0.05) is 78.9 Å². The molecule has 0 saturated heterocycles. The van der Waals surface area contributed by atoms with Crippen LogP contribution in [-0.2, 0) is 0 Å². The zero-order valence-electron chi connectivity index (χ0n) is 18.7. The molecule has 0 aliphatic rings. The van der Waals surface area contributed by atoms with Gasteiger partial charge in [0.05, 0.1) is 16.9 Å². The second-order valence-corrected chi connectivity index (χ2v) is 8.15. The first-order valence-electron chi connectivity index (χ1n) is 11.0. The smallest absolute Gasteiger partial charge is 0.262 e. The molecule has 162 valence electrons. The SMILES string of the molecule is Cc1nc2cc(N(C)c3ccccc3)ccc2c(=O)n1C(c1ccccc1)c1ccccc1. The molecule has 4 heteroatoms. The maximum atomic E-state index is 13.8. The zero-order valence-corrected chi connectivity index (χ0v) is 18.7. The van der Waals surface area contributed by atoms with Crippen LogP contribution in [0.25, 0.3) is 10.9 Å². The minimum atomic E-state index is -0.247. The van der Waals surface area contributed by atoms with E-state index < -0.39 is 0 Å². The van der Waals surface area contributed by atoms with Crippen LogP contribution in [0.15, 0.2) is 114 Å². The van der Waals surface area contributed by atoms with Crippen molar-refractivity contribution in [3.05, 3.63) is 136 Å². The Morgan fingerprint density at radius 2 is 1.27 bits per heavy atom. The van der Waals surface area contributed by atoms with E-state index in [1.807, 2.05) is 91.3 Å². The van der Waals surface area contributed by atoms with Crippen molar-refractivity contribution in [3.63, 3.8) is 0 Å². The molecule has 1 aromatic heterocycles. The summed E-state index contributed by atoms with van der Waals surface area (Å²) in [5, 5.41) is 0.614. The Morgan fingerprint density at radius 1 is 0.727 bits per heavy atom. The average Bonchev–Trinajstić information content (AvgIpc) is 2.87. The van der Waals surface area contributed by atoms with Crippen LogP contribution < -0.4 is 10.5 Å². The van der Waals surface area contributed by atoms with Gasteiger partial charge in [-0.25, -0.2) is 4.98 Å². The van der Waals surface area contributed by atoms with Crippen LogP contribution in [0.4, 0.5) is 11.4 Å². The first-order chi connectivity index (χ1) is 16.1. The summed E-state index contributed by atoms with van der Waals surface area (Å²) in [6.45, 7) is 1.91. The number of aryl methyl sites for hydroxylation is 1. The molecular weight excluding hydrogens is 406 g/mol. The number of rotatable bonds is 5. The lowest BCUT2D eigenvalue weighted by atomic mass is 9.98. The second kappa shape index (κ2) is 8.75. The molecule has 0 atom stereocenters. The number of nitrogens with zero attached hydrogens (tertiary/aromatic N) is 3. The minimum absolute atomic E-state index is 0.0379. The summed E-state index contributed by atoms with van der Waals surface area (Å²) in [4.78, 5) is 20.8. The molecule has 0 unspecified atom stereocenters. The van der Waals surface area contributed by atoms with E-state index in [-0.39, 0.29) is 11.6 Å². The largest absolute Gasteiger partial charge is 0.345 e. The van der Waals surface area contributed by atoms with Crippen LogP contribution in [0.5, 0.6) is 0 Å². The molecule has 5 aromatic rings. The van der Waals surface area contributed by atoms with Crippen molar-refractivity contribution < 1.29 is 0 Å². The van der Waals surface area contributed by atoms with Crippen molar-refractivity contribution >= 4 is 22.3 Å². The van der Waals surface area contributed by atoms with Crippen molar-refractivity contribution in [1.29, 1.82) is 0 Å². The third kappa shape index (κ3) is 3.92. The topological polar surface area (TPSA) is 38.1 Å². The van der Waals surface area contributed by atoms with Gasteiger partial charge in [-0.3, -0.25) is 9.36 Å². The molecule has 0 spiro atoms. The van der Waals surface area contributed by atoms with Gasteiger partial charge in [-0.05, 0) is 48.4 Å². The van der Waals surface area contributed by atoms with Gasteiger partial charge in [0.15, 0.2) is 0 Å². The Kier molecular flexibility index (Phi) is 5.49. The maximum Gasteiger partial charge on any atom is 0.262 e. The van der Waals surface area contributed by atoms with Crippen LogP contribution >= 0.6 is 0 Å². The molecular formula is C29H25N3O. The molecule has 0 N–H and O–H groups in total. The Hall–Kier alpha value is -4.18. The van der Waals surface area contributed by atoms with E-state index in [1.165, 1.54) is 0 Å². The lowest BCUT2D eigenvalue weighted by molar-refractivity contribution is 0.620. The lowest BCUT2D eigenvalue weighted by Crippen LogP contribution is -2.29. The summed E-state index contributed by atoms with van der Waals surface area (Å²) in [6, 6.07) is 36.0. The highest BCUT2D eigenvalue weighted by Gasteiger charge is 2.21. The van der Waals surface area contributed by atoms with E-state index in [0.29, 0.717) is 16.7 Å². The van der Waals surface area contributed by atoms with Gasteiger partial charge in [-0.2, -0.15) is 0 Å². The summed E-state index contributed by atoms with van der Waals surface area (Å²) in [5.74, 6) is 0.685. The van der Waals surface area contributed by atoms with Crippen LogP contribution in [0.3, 0.4) is 0 Å². The lowest BCUT2D eigenvalue weighted by Gasteiger charge is -2.24. The minimum Gasteiger partial charge on any atom is -0.345 e. The molecule has 0 fully saturated rings. The summed E-state index contributed by atoms with van der Waals surface area (Å²) >= 11 is 0. The number of anilines is 2. The predicted molar refractivity (Wildman–Crippen MR) is 135 cm³/mol. The summed E-state index contributed by atoms with van der Waals surface area (Å²) in [7, 11) is 2.02. The molecule has 0 aliphatic carbocycles. The van der Waals surface area contributed by atoms with Crippen molar-refractivity contribution in [2.45, 2.75) is 13.0 Å². The van der Waals surface area contributed by atoms with E-state index in [1.54, 1.807) is 0 Å². The molecule has 4 nitrogen and oxygen atoms in total. The van der Waals surface area contributed by atoms with Crippen molar-refractivity contribution in [2.75, 3.05) is 11.9 Å². The molecule has 1 heterocycles. The molecule has 0 amide bonds. The van der Waals surface area contributed by atoms with Gasteiger partial charge in [0.25, 0.3) is 5.56 Å². The predicted octanol–water partition coefficient (Wildman–Crippen LogP) is 6.11. The number of hydrogen-bond acceptors (Lipinski definition) is 3. The molecule has 5 rings (SSSR count). The van der Waals surface area contributed by atoms with Crippen LogP contribution in [0.2, 0.25) is 0 Å². The maximum absolute atomic E-state index is 13.8. The molecule has 33 heavy (non-hydrogen) atoms. The Balaban J connectivity index is 1.67. The van der Waals surface area contributed by atoms with E-state index in [9.17, 15) is 4.79 Å². The molecule has 0 bridgehead atoms. The molecule has 4 aromatic carbocycles. The number of hydrogen-bond donors (Lipinski definition) is 0. The third-order valence-corrected chi connectivity index (χ3v) is 6.08. The second-order valence-electron chi connectivity index (χ2n) is 8.15. The van der Waals surface area contributed by atoms with E-state index in [2.05, 4.69) is 41.3 Å². The van der Waals surface area contributed by atoms with E-state index in [0.717, 1.165) is 22.5 Å². The molecule has 0 aliphatic heterocycles. The normalized spacial score (nSPS) is 11.1. The Labute approximate surface area is 193 Å². The van der Waals surface area contributed by atoms with Gasteiger partial charge in [0, 0.05) is 18.4 Å². The first kappa shape index (κ1) is 20.7. The number of benzene rings is 4. The van der Waals surface area contributed by atoms with Gasteiger partial charge in [-0.15, -0.1) is 0 Å². The quantitative estimate of drug-likeness (QED) is 0.337. The first-order valence-corrected chi connectivity index (χ1v) is 11.0. The van der Waals surface area contributed by atoms with Crippen molar-refractivity contribution in [3.8, 4) is 0 Å². The summed E-state index contributed by atoms with van der Waals surface area (Å²) in [5.41, 5.74) is 4.83. The number of aromatic nitrogens is 2. The fraction of sp³-hybridized carbons (Fsp3) is 0.103. The van der Waals surface area contributed by atoms with Gasteiger partial charge < -0.3 is 4.90 Å². The summed E-state index contributed by atoms with van der Waals surface area (Å²) in [6.07, 6.45) is 0. The van der Waals surface area contributed by atoms with Crippen molar-refractivity contribution in [1.82, 2.24) is 9.55 Å². The van der Waals surface area contributed by atoms with E-state index in [4.69, 9.17) is 4.98 Å². The summed E-state index contributed by atoms with van der Waals surface area (Å²) < 4.78 is 1.81. The molecule has 0 saturated carbocycles.